The molecular formula is C21H27NO. The van der Waals surface area contributed by atoms with Crippen molar-refractivity contribution in [3.63, 3.8) is 0 Å². The molecule has 0 saturated carbocycles. The van der Waals surface area contributed by atoms with E-state index in [1.54, 1.807) is 6.20 Å². The van der Waals surface area contributed by atoms with E-state index in [9.17, 15) is 4.79 Å². The van der Waals surface area contributed by atoms with Crippen molar-refractivity contribution in [2.75, 3.05) is 0 Å². The van der Waals surface area contributed by atoms with Crippen molar-refractivity contribution in [2.45, 2.75) is 41.5 Å². The van der Waals surface area contributed by atoms with Crippen LogP contribution in [-0.2, 0) is 4.79 Å². The van der Waals surface area contributed by atoms with Gasteiger partial charge in [-0.05, 0) is 45.8 Å². The highest BCUT2D eigenvalue weighted by Crippen LogP contribution is 2.44. The van der Waals surface area contributed by atoms with Gasteiger partial charge in [-0.15, -0.1) is 0 Å². The molecule has 2 heteroatoms. The molecule has 0 radical (unpaired) electrons. The second-order valence-corrected chi connectivity index (χ2v) is 8.21. The molecule has 0 saturated heterocycles. The number of pyridine rings is 1. The van der Waals surface area contributed by atoms with Crippen LogP contribution in [0.25, 0.3) is 6.08 Å². The Balaban J connectivity index is 2.60. The summed E-state index contributed by atoms with van der Waals surface area (Å²) in [5, 5.41) is 0. The van der Waals surface area contributed by atoms with Crippen LogP contribution >= 0.6 is 0 Å². The van der Waals surface area contributed by atoms with Crippen molar-refractivity contribution in [1.82, 2.24) is 4.98 Å². The number of rotatable bonds is 2. The van der Waals surface area contributed by atoms with Crippen LogP contribution in [0, 0.1) is 16.7 Å². The number of aromatic nitrogens is 1. The zero-order valence-corrected chi connectivity index (χ0v) is 15.1. The number of hydrogen-bond acceptors (Lipinski definition) is 2. The van der Waals surface area contributed by atoms with E-state index >= 15 is 0 Å². The molecule has 1 aliphatic rings. The van der Waals surface area contributed by atoms with E-state index < -0.39 is 0 Å². The molecule has 0 bridgehead atoms. The first-order valence-corrected chi connectivity index (χ1v) is 8.15. The van der Waals surface area contributed by atoms with Crippen molar-refractivity contribution < 1.29 is 4.79 Å². The SMILES string of the molecule is CC(C)(C)C1=CC(=Cc2ccccn2)C=C(C(C)(C)C)C1C=O. The summed E-state index contributed by atoms with van der Waals surface area (Å²) < 4.78 is 0. The molecule has 0 aromatic carbocycles. The topological polar surface area (TPSA) is 30.0 Å². The van der Waals surface area contributed by atoms with Crippen LogP contribution in [-0.4, -0.2) is 11.3 Å². The number of allylic oxidation sites excluding steroid dienone is 5. The molecule has 0 unspecified atom stereocenters. The minimum atomic E-state index is -0.143. The molecule has 0 N–H and O–H groups in total. The fourth-order valence-electron chi connectivity index (χ4n) is 2.98. The summed E-state index contributed by atoms with van der Waals surface area (Å²) in [4.78, 5) is 16.2. The van der Waals surface area contributed by atoms with Crippen molar-refractivity contribution in [1.29, 1.82) is 0 Å². The van der Waals surface area contributed by atoms with Crippen LogP contribution in [0.3, 0.4) is 0 Å². The van der Waals surface area contributed by atoms with Gasteiger partial charge in [0.05, 0.1) is 11.6 Å². The Kier molecular flexibility index (Phi) is 4.74. The molecule has 0 spiro atoms. The zero-order chi connectivity index (χ0) is 17.3. The largest absolute Gasteiger partial charge is 0.302 e. The van der Waals surface area contributed by atoms with E-state index in [1.807, 2.05) is 18.2 Å². The summed E-state index contributed by atoms with van der Waals surface area (Å²) >= 11 is 0. The first kappa shape index (κ1) is 17.4. The fourth-order valence-corrected chi connectivity index (χ4v) is 2.98. The standard InChI is InChI=1S/C21H27NO/c1-20(2,3)18-12-15(11-16-9-7-8-10-22-16)13-19(17(18)14-23)21(4,5)6/h7-14,17H,1-6H3. The molecule has 0 atom stereocenters. The van der Waals surface area contributed by atoms with Gasteiger partial charge in [-0.2, -0.15) is 0 Å². The normalized spacial score (nSPS) is 19.0. The van der Waals surface area contributed by atoms with Gasteiger partial charge >= 0.3 is 0 Å². The summed E-state index contributed by atoms with van der Waals surface area (Å²) in [6, 6.07) is 5.89. The molecule has 1 aromatic heterocycles. The molecule has 122 valence electrons. The Morgan fingerprint density at radius 3 is 1.91 bits per heavy atom. The third-order valence-electron chi connectivity index (χ3n) is 4.18. The third kappa shape index (κ3) is 4.07. The van der Waals surface area contributed by atoms with Crippen molar-refractivity contribution in [3.05, 3.63) is 59.0 Å². The average Bonchev–Trinajstić information content (AvgIpc) is 2.45. The van der Waals surface area contributed by atoms with Gasteiger partial charge < -0.3 is 4.79 Å². The molecule has 0 fully saturated rings. The Morgan fingerprint density at radius 2 is 1.52 bits per heavy atom. The van der Waals surface area contributed by atoms with Gasteiger partial charge in [0.2, 0.25) is 0 Å². The van der Waals surface area contributed by atoms with E-state index in [2.05, 4.69) is 64.8 Å². The average molecular weight is 309 g/mol. The first-order chi connectivity index (χ1) is 10.6. The van der Waals surface area contributed by atoms with Crippen molar-refractivity contribution >= 4 is 12.4 Å². The number of nitrogens with zero attached hydrogens (tertiary/aromatic N) is 1. The maximum atomic E-state index is 11.8. The molecule has 2 rings (SSSR count). The van der Waals surface area contributed by atoms with Crippen LogP contribution in [0.15, 0.2) is 53.3 Å². The zero-order valence-electron chi connectivity index (χ0n) is 15.1. The van der Waals surface area contributed by atoms with Crippen LogP contribution in [0.1, 0.15) is 47.2 Å². The lowest BCUT2D eigenvalue weighted by Crippen LogP contribution is -2.28. The highest BCUT2D eigenvalue weighted by Gasteiger charge is 2.35. The predicted molar refractivity (Wildman–Crippen MR) is 96.8 cm³/mol. The minimum absolute atomic E-state index is 0.0560. The highest BCUT2D eigenvalue weighted by molar-refractivity contribution is 5.72. The highest BCUT2D eigenvalue weighted by atomic mass is 16.1. The second-order valence-electron chi connectivity index (χ2n) is 8.21. The molecule has 0 aliphatic heterocycles. The monoisotopic (exact) mass is 309 g/mol. The van der Waals surface area contributed by atoms with Crippen LogP contribution in [0.4, 0.5) is 0 Å². The Morgan fingerprint density at radius 1 is 0.957 bits per heavy atom. The smallest absolute Gasteiger partial charge is 0.131 e. The van der Waals surface area contributed by atoms with Crippen LogP contribution in [0.5, 0.6) is 0 Å². The van der Waals surface area contributed by atoms with Crippen LogP contribution < -0.4 is 0 Å². The molecular weight excluding hydrogens is 282 g/mol. The van der Waals surface area contributed by atoms with Crippen molar-refractivity contribution in [2.24, 2.45) is 16.7 Å². The lowest BCUT2D eigenvalue weighted by atomic mass is 9.67. The summed E-state index contributed by atoms with van der Waals surface area (Å²) in [7, 11) is 0. The Bertz CT molecular complexity index is 630. The van der Waals surface area contributed by atoms with E-state index in [-0.39, 0.29) is 16.7 Å². The van der Waals surface area contributed by atoms with Gasteiger partial charge in [0, 0.05) is 6.20 Å². The summed E-state index contributed by atoms with van der Waals surface area (Å²) in [5.74, 6) is -0.143. The van der Waals surface area contributed by atoms with E-state index in [1.165, 1.54) is 11.1 Å². The number of aldehydes is 1. The van der Waals surface area contributed by atoms with Crippen LogP contribution in [0.2, 0.25) is 0 Å². The molecule has 23 heavy (non-hydrogen) atoms. The molecule has 2 nitrogen and oxygen atoms in total. The minimum Gasteiger partial charge on any atom is -0.302 e. The maximum absolute atomic E-state index is 11.8. The van der Waals surface area contributed by atoms with E-state index in [0.29, 0.717) is 0 Å². The molecule has 1 aromatic rings. The summed E-state index contributed by atoms with van der Waals surface area (Å²) in [5.41, 5.74) is 4.26. The lowest BCUT2D eigenvalue weighted by molar-refractivity contribution is -0.109. The quantitative estimate of drug-likeness (QED) is 0.699. The lowest BCUT2D eigenvalue weighted by Gasteiger charge is -2.37. The fraction of sp³-hybridized carbons (Fsp3) is 0.429. The Hall–Kier alpha value is -1.96. The van der Waals surface area contributed by atoms with Gasteiger partial charge in [0.25, 0.3) is 0 Å². The first-order valence-electron chi connectivity index (χ1n) is 8.15. The predicted octanol–water partition coefficient (Wildman–Crippen LogP) is 5.24. The van der Waals surface area contributed by atoms with E-state index in [0.717, 1.165) is 17.6 Å². The number of hydrogen-bond donors (Lipinski definition) is 0. The molecule has 1 heterocycles. The number of carbonyl (C=O) groups is 1. The van der Waals surface area contributed by atoms with Gasteiger partial charge in [-0.3, -0.25) is 4.98 Å². The second kappa shape index (κ2) is 6.27. The summed E-state index contributed by atoms with van der Waals surface area (Å²) in [6.07, 6.45) is 9.28. The van der Waals surface area contributed by atoms with E-state index in [4.69, 9.17) is 0 Å². The maximum Gasteiger partial charge on any atom is 0.131 e. The van der Waals surface area contributed by atoms with Gasteiger partial charge in [-0.1, -0.05) is 59.8 Å². The third-order valence-corrected chi connectivity index (χ3v) is 4.18. The van der Waals surface area contributed by atoms with Gasteiger partial charge in [0.15, 0.2) is 0 Å². The molecule has 1 aliphatic carbocycles. The van der Waals surface area contributed by atoms with Gasteiger partial charge in [0.1, 0.15) is 6.29 Å². The summed E-state index contributed by atoms with van der Waals surface area (Å²) in [6.45, 7) is 13.0. The van der Waals surface area contributed by atoms with Gasteiger partial charge in [-0.25, -0.2) is 0 Å². The van der Waals surface area contributed by atoms with Crippen molar-refractivity contribution in [3.8, 4) is 0 Å². The Labute approximate surface area is 140 Å². The number of carbonyl (C=O) groups excluding carboxylic acids is 1. The molecule has 0 amide bonds.